The zero-order chi connectivity index (χ0) is 11.4. The lowest BCUT2D eigenvalue weighted by Gasteiger charge is -2.07. The SMILES string of the molecule is C=C(Cl)COc1cc(C(=O)O)ccc1I. The molecule has 1 aromatic rings. The highest BCUT2D eigenvalue weighted by molar-refractivity contribution is 14.1. The number of carboxylic acid groups (broad SMARTS) is 1. The van der Waals surface area contributed by atoms with Crippen LogP contribution >= 0.6 is 34.2 Å². The maximum absolute atomic E-state index is 10.7. The maximum atomic E-state index is 10.7. The average Bonchev–Trinajstić information content (AvgIpc) is 2.16. The predicted molar refractivity (Wildman–Crippen MR) is 66.6 cm³/mol. The summed E-state index contributed by atoms with van der Waals surface area (Å²) in [7, 11) is 0. The number of hydrogen-bond acceptors (Lipinski definition) is 2. The molecule has 0 saturated carbocycles. The van der Waals surface area contributed by atoms with Crippen LogP contribution in [0.25, 0.3) is 0 Å². The maximum Gasteiger partial charge on any atom is 0.335 e. The number of halogens is 2. The zero-order valence-corrected chi connectivity index (χ0v) is 10.6. The Morgan fingerprint density at radius 2 is 2.27 bits per heavy atom. The summed E-state index contributed by atoms with van der Waals surface area (Å²) < 4.78 is 6.12. The molecule has 3 nitrogen and oxygen atoms in total. The fourth-order valence-electron chi connectivity index (χ4n) is 0.903. The van der Waals surface area contributed by atoms with E-state index in [-0.39, 0.29) is 12.2 Å². The highest BCUT2D eigenvalue weighted by Gasteiger charge is 2.07. The molecule has 1 N–H and O–H groups in total. The van der Waals surface area contributed by atoms with Gasteiger partial charge in [-0.25, -0.2) is 4.79 Å². The monoisotopic (exact) mass is 338 g/mol. The Balaban J connectivity index is 2.90. The van der Waals surface area contributed by atoms with Gasteiger partial charge in [0.05, 0.1) is 9.13 Å². The third-order valence-electron chi connectivity index (χ3n) is 1.56. The van der Waals surface area contributed by atoms with Crippen LogP contribution in [0.15, 0.2) is 29.8 Å². The first-order chi connectivity index (χ1) is 7.00. The van der Waals surface area contributed by atoms with E-state index >= 15 is 0 Å². The molecular weight excluding hydrogens is 330 g/mol. The van der Waals surface area contributed by atoms with Crippen molar-refractivity contribution < 1.29 is 14.6 Å². The summed E-state index contributed by atoms with van der Waals surface area (Å²) in [5.74, 6) is -0.488. The molecule has 0 aromatic heterocycles. The largest absolute Gasteiger partial charge is 0.487 e. The summed E-state index contributed by atoms with van der Waals surface area (Å²) in [5, 5.41) is 9.14. The van der Waals surface area contributed by atoms with E-state index in [1.54, 1.807) is 6.07 Å². The van der Waals surface area contributed by atoms with Gasteiger partial charge in [0.25, 0.3) is 0 Å². The van der Waals surface area contributed by atoms with Gasteiger partial charge in [-0.05, 0) is 40.8 Å². The van der Waals surface area contributed by atoms with Gasteiger partial charge >= 0.3 is 5.97 Å². The van der Waals surface area contributed by atoms with Crippen molar-refractivity contribution >= 4 is 40.2 Å². The van der Waals surface area contributed by atoms with Crippen LogP contribution in [-0.4, -0.2) is 17.7 Å². The van der Waals surface area contributed by atoms with E-state index in [4.69, 9.17) is 21.4 Å². The lowest BCUT2D eigenvalue weighted by molar-refractivity contribution is 0.0696. The molecule has 0 aliphatic carbocycles. The van der Waals surface area contributed by atoms with E-state index in [0.29, 0.717) is 10.8 Å². The summed E-state index contributed by atoms with van der Waals surface area (Å²) >= 11 is 7.60. The summed E-state index contributed by atoms with van der Waals surface area (Å²) in [4.78, 5) is 10.7. The van der Waals surface area contributed by atoms with Crippen molar-refractivity contribution in [3.05, 3.63) is 38.9 Å². The van der Waals surface area contributed by atoms with Gasteiger partial charge < -0.3 is 9.84 Å². The third-order valence-corrected chi connectivity index (χ3v) is 2.56. The van der Waals surface area contributed by atoms with Crippen LogP contribution in [0.4, 0.5) is 0 Å². The van der Waals surface area contributed by atoms with Crippen molar-refractivity contribution in [3.63, 3.8) is 0 Å². The summed E-state index contributed by atoms with van der Waals surface area (Å²) in [6.45, 7) is 3.65. The highest BCUT2D eigenvalue weighted by Crippen LogP contribution is 2.23. The normalized spacial score (nSPS) is 9.73. The average molecular weight is 339 g/mol. The fraction of sp³-hybridized carbons (Fsp3) is 0.100. The van der Waals surface area contributed by atoms with Crippen LogP contribution in [0, 0.1) is 3.57 Å². The van der Waals surface area contributed by atoms with E-state index in [1.165, 1.54) is 12.1 Å². The Bertz CT molecular complexity index is 404. The highest BCUT2D eigenvalue weighted by atomic mass is 127. The molecule has 80 valence electrons. The van der Waals surface area contributed by atoms with Crippen LogP contribution in [0.2, 0.25) is 0 Å². The second-order valence-corrected chi connectivity index (χ2v) is 4.45. The van der Waals surface area contributed by atoms with E-state index < -0.39 is 5.97 Å². The smallest absolute Gasteiger partial charge is 0.335 e. The number of ether oxygens (including phenoxy) is 1. The van der Waals surface area contributed by atoms with Crippen LogP contribution < -0.4 is 4.74 Å². The van der Waals surface area contributed by atoms with Crippen LogP contribution in [0.3, 0.4) is 0 Å². The van der Waals surface area contributed by atoms with Gasteiger partial charge in [0.2, 0.25) is 0 Å². The molecule has 15 heavy (non-hydrogen) atoms. The molecule has 0 saturated heterocycles. The molecule has 0 unspecified atom stereocenters. The predicted octanol–water partition coefficient (Wildman–Crippen LogP) is 3.12. The summed E-state index contributed by atoms with van der Waals surface area (Å²) in [6, 6.07) is 4.66. The molecule has 0 spiro atoms. The van der Waals surface area contributed by atoms with Crippen molar-refractivity contribution in [1.82, 2.24) is 0 Å². The zero-order valence-electron chi connectivity index (χ0n) is 7.67. The minimum atomic E-state index is -0.985. The second-order valence-electron chi connectivity index (χ2n) is 2.76. The minimum absolute atomic E-state index is 0.167. The van der Waals surface area contributed by atoms with Gasteiger partial charge in [-0.1, -0.05) is 18.2 Å². The van der Waals surface area contributed by atoms with Gasteiger partial charge in [0.1, 0.15) is 12.4 Å². The van der Waals surface area contributed by atoms with Crippen LogP contribution in [0.1, 0.15) is 10.4 Å². The van der Waals surface area contributed by atoms with Crippen LogP contribution in [-0.2, 0) is 0 Å². The van der Waals surface area contributed by atoms with Gasteiger partial charge in [-0.3, -0.25) is 0 Å². The standard InChI is InChI=1S/C10H8ClIO3/c1-6(11)5-15-9-4-7(10(13)14)2-3-8(9)12/h2-4H,1,5H2,(H,13,14). The Morgan fingerprint density at radius 1 is 1.60 bits per heavy atom. The first-order valence-corrected chi connectivity index (χ1v) is 5.45. The molecule has 0 aliphatic heterocycles. The van der Waals surface area contributed by atoms with Gasteiger partial charge in [-0.15, -0.1) is 0 Å². The summed E-state index contributed by atoms with van der Waals surface area (Å²) in [6.07, 6.45) is 0. The van der Waals surface area contributed by atoms with Crippen molar-refractivity contribution in [3.8, 4) is 5.75 Å². The molecule has 1 aromatic carbocycles. The molecule has 0 bridgehead atoms. The summed E-state index contributed by atoms with van der Waals surface area (Å²) in [5.41, 5.74) is 0.186. The number of aromatic carboxylic acids is 1. The number of carboxylic acids is 1. The molecule has 0 heterocycles. The molecule has 5 heteroatoms. The van der Waals surface area contributed by atoms with E-state index in [2.05, 4.69) is 29.2 Å². The molecule has 0 fully saturated rings. The third kappa shape index (κ3) is 3.71. The van der Waals surface area contributed by atoms with Gasteiger partial charge in [0, 0.05) is 5.03 Å². The minimum Gasteiger partial charge on any atom is -0.487 e. The molecule has 0 amide bonds. The molecule has 0 aliphatic rings. The molecule has 0 atom stereocenters. The van der Waals surface area contributed by atoms with Crippen molar-refractivity contribution in [2.45, 2.75) is 0 Å². The van der Waals surface area contributed by atoms with Crippen molar-refractivity contribution in [2.24, 2.45) is 0 Å². The first-order valence-electron chi connectivity index (χ1n) is 3.99. The van der Waals surface area contributed by atoms with E-state index in [1.807, 2.05) is 0 Å². The lowest BCUT2D eigenvalue weighted by atomic mass is 10.2. The number of rotatable bonds is 4. The Hall–Kier alpha value is -0.750. The van der Waals surface area contributed by atoms with E-state index in [0.717, 1.165) is 3.57 Å². The van der Waals surface area contributed by atoms with Gasteiger partial charge in [-0.2, -0.15) is 0 Å². The fourth-order valence-corrected chi connectivity index (χ4v) is 1.45. The van der Waals surface area contributed by atoms with Crippen molar-refractivity contribution in [1.29, 1.82) is 0 Å². The Morgan fingerprint density at radius 3 is 2.80 bits per heavy atom. The van der Waals surface area contributed by atoms with Crippen LogP contribution in [0.5, 0.6) is 5.75 Å². The topological polar surface area (TPSA) is 46.5 Å². The van der Waals surface area contributed by atoms with Crippen molar-refractivity contribution in [2.75, 3.05) is 6.61 Å². The number of hydrogen-bond donors (Lipinski definition) is 1. The molecule has 1 rings (SSSR count). The Kier molecular flexibility index (Phi) is 4.41. The quantitative estimate of drug-likeness (QED) is 0.858. The van der Waals surface area contributed by atoms with Gasteiger partial charge in [0.15, 0.2) is 0 Å². The number of benzene rings is 1. The Labute approximate surface area is 106 Å². The molecule has 0 radical (unpaired) electrons. The first kappa shape index (κ1) is 12.3. The molecular formula is C10H8ClIO3. The van der Waals surface area contributed by atoms with E-state index in [9.17, 15) is 4.79 Å². The number of carbonyl (C=O) groups is 1. The lowest BCUT2D eigenvalue weighted by Crippen LogP contribution is -2.01. The second kappa shape index (κ2) is 5.37.